The summed E-state index contributed by atoms with van der Waals surface area (Å²) in [6, 6.07) is 19.0. The van der Waals surface area contributed by atoms with Crippen molar-refractivity contribution in [2.75, 3.05) is 0 Å². The minimum atomic E-state index is -0.246. The van der Waals surface area contributed by atoms with Gasteiger partial charge >= 0.3 is 0 Å². The zero-order valence-electron chi connectivity index (χ0n) is 13.6. The molecular formula is C20H13N3O3. The first kappa shape index (κ1) is 14.7. The van der Waals surface area contributed by atoms with Gasteiger partial charge in [0.1, 0.15) is 16.8 Å². The third-order valence-corrected chi connectivity index (χ3v) is 4.31. The molecule has 0 aliphatic rings. The average Bonchev–Trinajstić information content (AvgIpc) is 3.30. The molecular weight excluding hydrogens is 330 g/mol. The summed E-state index contributed by atoms with van der Waals surface area (Å²) < 4.78 is 12.5. The summed E-state index contributed by atoms with van der Waals surface area (Å²) >= 11 is 0. The number of benzene rings is 2. The van der Waals surface area contributed by atoms with Crippen LogP contribution in [-0.2, 0) is 6.54 Å². The molecule has 3 aromatic heterocycles. The molecule has 0 fully saturated rings. The largest absolute Gasteiger partial charge is 0.448 e. The van der Waals surface area contributed by atoms with Crippen molar-refractivity contribution in [3.8, 4) is 11.3 Å². The number of aromatic nitrogens is 3. The number of nitrogens with zero attached hydrogens (tertiary/aromatic N) is 3. The van der Waals surface area contributed by atoms with E-state index >= 15 is 0 Å². The van der Waals surface area contributed by atoms with E-state index in [4.69, 9.17) is 8.94 Å². The summed E-state index contributed by atoms with van der Waals surface area (Å²) in [5, 5.41) is 4.91. The minimum Gasteiger partial charge on any atom is -0.448 e. The Kier molecular flexibility index (Phi) is 3.21. The van der Waals surface area contributed by atoms with E-state index in [1.165, 1.54) is 10.9 Å². The van der Waals surface area contributed by atoms with E-state index in [0.717, 1.165) is 16.6 Å². The van der Waals surface area contributed by atoms with Crippen LogP contribution in [0.5, 0.6) is 0 Å². The summed E-state index contributed by atoms with van der Waals surface area (Å²) in [6.45, 7) is 0.235. The van der Waals surface area contributed by atoms with Gasteiger partial charge in [-0.1, -0.05) is 47.6 Å². The Morgan fingerprint density at radius 3 is 2.69 bits per heavy atom. The first-order chi connectivity index (χ1) is 12.8. The highest BCUT2D eigenvalue weighted by molar-refractivity contribution is 6.01. The molecule has 0 aliphatic heterocycles. The first-order valence-corrected chi connectivity index (χ1v) is 8.17. The van der Waals surface area contributed by atoms with Crippen LogP contribution in [0.2, 0.25) is 0 Å². The molecule has 6 heteroatoms. The lowest BCUT2D eigenvalue weighted by atomic mass is 10.1. The van der Waals surface area contributed by atoms with E-state index < -0.39 is 0 Å². The molecule has 0 spiro atoms. The summed E-state index contributed by atoms with van der Waals surface area (Å²) in [5.74, 6) is 0.572. The van der Waals surface area contributed by atoms with Gasteiger partial charge in [-0.05, 0) is 12.1 Å². The van der Waals surface area contributed by atoms with E-state index in [9.17, 15) is 4.79 Å². The molecule has 5 aromatic rings. The lowest BCUT2D eigenvalue weighted by molar-refractivity contribution is 0.376. The quantitative estimate of drug-likeness (QED) is 0.497. The predicted octanol–water partition coefficient (Wildman–Crippen LogP) is 3.85. The zero-order valence-corrected chi connectivity index (χ0v) is 13.6. The molecule has 0 saturated carbocycles. The number of rotatable bonds is 3. The smallest absolute Gasteiger partial charge is 0.297 e. The van der Waals surface area contributed by atoms with Gasteiger partial charge in [-0.2, -0.15) is 0 Å². The van der Waals surface area contributed by atoms with Crippen molar-refractivity contribution in [2.24, 2.45) is 0 Å². The molecule has 26 heavy (non-hydrogen) atoms. The van der Waals surface area contributed by atoms with E-state index in [-0.39, 0.29) is 17.7 Å². The highest BCUT2D eigenvalue weighted by atomic mass is 16.5. The number of hydrogen-bond donors (Lipinski definition) is 0. The maximum atomic E-state index is 12.7. The Bertz CT molecular complexity index is 1280. The summed E-state index contributed by atoms with van der Waals surface area (Å²) in [5.41, 5.74) is 2.91. The van der Waals surface area contributed by atoms with Gasteiger partial charge in [0.05, 0.1) is 12.9 Å². The molecule has 6 nitrogen and oxygen atoms in total. The van der Waals surface area contributed by atoms with Gasteiger partial charge in [0.25, 0.3) is 5.56 Å². The van der Waals surface area contributed by atoms with Gasteiger partial charge in [0.15, 0.2) is 5.76 Å². The van der Waals surface area contributed by atoms with Crippen LogP contribution in [0.3, 0.4) is 0 Å². The minimum absolute atomic E-state index is 0.235. The maximum absolute atomic E-state index is 12.7. The van der Waals surface area contributed by atoms with Crippen molar-refractivity contribution in [2.45, 2.75) is 6.54 Å². The fraction of sp³-hybridized carbons (Fsp3) is 0.0500. The van der Waals surface area contributed by atoms with Crippen molar-refractivity contribution in [1.82, 2.24) is 14.7 Å². The normalized spacial score (nSPS) is 11.4. The molecule has 0 unspecified atom stereocenters. The molecule has 3 heterocycles. The molecule has 5 rings (SSSR count). The van der Waals surface area contributed by atoms with Crippen LogP contribution < -0.4 is 5.56 Å². The fourth-order valence-corrected chi connectivity index (χ4v) is 3.03. The highest BCUT2D eigenvalue weighted by Gasteiger charge is 2.14. The van der Waals surface area contributed by atoms with Gasteiger partial charge in [-0.25, -0.2) is 4.98 Å². The number of para-hydroxylation sites is 1. The Morgan fingerprint density at radius 2 is 1.81 bits per heavy atom. The Balaban J connectivity index is 1.54. The summed E-state index contributed by atoms with van der Waals surface area (Å²) in [4.78, 5) is 17.1. The standard InChI is InChI=1S/C20H13N3O3/c24-20-19-18(15-8-4-5-9-17(15)25-19)21-12-23(20)11-14-10-16(22-26-14)13-6-2-1-3-7-13/h1-10,12H,11H2. The van der Waals surface area contributed by atoms with Crippen LogP contribution in [0.25, 0.3) is 33.3 Å². The second-order valence-corrected chi connectivity index (χ2v) is 6.00. The molecule has 126 valence electrons. The molecule has 0 bridgehead atoms. The van der Waals surface area contributed by atoms with Gasteiger partial charge in [-0.15, -0.1) is 0 Å². The van der Waals surface area contributed by atoms with Crippen molar-refractivity contribution in [1.29, 1.82) is 0 Å². The van der Waals surface area contributed by atoms with Crippen LogP contribution >= 0.6 is 0 Å². The van der Waals surface area contributed by atoms with Crippen molar-refractivity contribution in [3.05, 3.63) is 83.1 Å². The highest BCUT2D eigenvalue weighted by Crippen LogP contribution is 2.24. The van der Waals surface area contributed by atoms with Crippen LogP contribution in [-0.4, -0.2) is 14.7 Å². The molecule has 0 radical (unpaired) electrons. The maximum Gasteiger partial charge on any atom is 0.297 e. The third-order valence-electron chi connectivity index (χ3n) is 4.31. The van der Waals surface area contributed by atoms with Crippen LogP contribution in [0.4, 0.5) is 0 Å². The Hall–Kier alpha value is -3.67. The van der Waals surface area contributed by atoms with Crippen molar-refractivity contribution < 1.29 is 8.94 Å². The van der Waals surface area contributed by atoms with E-state index in [0.29, 0.717) is 16.9 Å². The lowest BCUT2D eigenvalue weighted by Crippen LogP contribution is -2.20. The van der Waals surface area contributed by atoms with Gasteiger partial charge in [0.2, 0.25) is 5.58 Å². The van der Waals surface area contributed by atoms with E-state index in [1.807, 2.05) is 60.7 Å². The average molecular weight is 343 g/mol. The van der Waals surface area contributed by atoms with Gasteiger partial charge in [0, 0.05) is 17.0 Å². The Labute approximate surface area is 147 Å². The summed E-state index contributed by atoms with van der Waals surface area (Å²) in [6.07, 6.45) is 1.51. The molecule has 0 N–H and O–H groups in total. The predicted molar refractivity (Wildman–Crippen MR) is 96.8 cm³/mol. The van der Waals surface area contributed by atoms with E-state index in [1.54, 1.807) is 0 Å². The van der Waals surface area contributed by atoms with Crippen LogP contribution in [0.1, 0.15) is 5.76 Å². The van der Waals surface area contributed by atoms with Crippen LogP contribution in [0.15, 0.2) is 80.7 Å². The molecule has 0 saturated heterocycles. The molecule has 2 aromatic carbocycles. The first-order valence-electron chi connectivity index (χ1n) is 8.17. The number of hydrogen-bond acceptors (Lipinski definition) is 5. The monoisotopic (exact) mass is 343 g/mol. The second kappa shape index (κ2) is 5.70. The topological polar surface area (TPSA) is 74.1 Å². The fourth-order valence-electron chi connectivity index (χ4n) is 3.03. The van der Waals surface area contributed by atoms with Gasteiger partial charge < -0.3 is 8.94 Å². The third kappa shape index (κ3) is 2.31. The zero-order chi connectivity index (χ0) is 17.5. The second-order valence-electron chi connectivity index (χ2n) is 6.00. The molecule has 0 amide bonds. The van der Waals surface area contributed by atoms with Crippen molar-refractivity contribution >= 4 is 22.1 Å². The Morgan fingerprint density at radius 1 is 1.00 bits per heavy atom. The van der Waals surface area contributed by atoms with Crippen LogP contribution in [0, 0.1) is 0 Å². The van der Waals surface area contributed by atoms with Crippen molar-refractivity contribution in [3.63, 3.8) is 0 Å². The SMILES string of the molecule is O=c1c2oc3ccccc3c2ncn1Cc1cc(-c2ccccc2)no1. The molecule has 0 aliphatic carbocycles. The summed E-state index contributed by atoms with van der Waals surface area (Å²) in [7, 11) is 0. The van der Waals surface area contributed by atoms with Gasteiger partial charge in [-0.3, -0.25) is 9.36 Å². The number of furan rings is 1. The van der Waals surface area contributed by atoms with E-state index in [2.05, 4.69) is 10.1 Å². The lowest BCUT2D eigenvalue weighted by Gasteiger charge is -2.00. The number of fused-ring (bicyclic) bond motifs is 3. The molecule has 0 atom stereocenters.